The maximum Gasteiger partial charge on any atom is 0.328 e. The molecule has 1 fully saturated rings. The van der Waals surface area contributed by atoms with Crippen molar-refractivity contribution in [2.75, 3.05) is 13.2 Å². The largest absolute Gasteiger partial charge is 0.464 e. The summed E-state index contributed by atoms with van der Waals surface area (Å²) in [5, 5.41) is 0. The first-order valence-corrected chi connectivity index (χ1v) is 8.86. The Morgan fingerprint density at radius 3 is 2.58 bits per heavy atom. The molecule has 1 amide bonds. The molecule has 1 saturated heterocycles. The quantitative estimate of drug-likeness (QED) is 0.534. The number of esters is 1. The van der Waals surface area contributed by atoms with Gasteiger partial charge in [0.25, 0.3) is 5.91 Å². The van der Waals surface area contributed by atoms with Gasteiger partial charge in [-0.15, -0.1) is 0 Å². The number of amides is 1. The van der Waals surface area contributed by atoms with E-state index in [0.29, 0.717) is 25.1 Å². The van der Waals surface area contributed by atoms with Crippen LogP contribution in [0.25, 0.3) is 0 Å². The monoisotopic (exact) mass is 335 g/mol. The second-order valence-electron chi connectivity index (χ2n) is 6.25. The van der Waals surface area contributed by atoms with Gasteiger partial charge in [0.15, 0.2) is 0 Å². The van der Waals surface area contributed by atoms with Gasteiger partial charge in [-0.1, -0.05) is 32.6 Å². The fraction of sp³-hybridized carbons (Fsp3) is 0.579. The number of hydrogen-bond donors (Lipinski definition) is 0. The number of hydrogen-bond acceptors (Lipinski definition) is 3. The Labute approximate surface area is 143 Å². The number of likely N-dealkylation sites (tertiary alicyclic amines) is 1. The van der Waals surface area contributed by atoms with Crippen molar-refractivity contribution in [3.8, 4) is 0 Å². The summed E-state index contributed by atoms with van der Waals surface area (Å²) in [4.78, 5) is 26.3. The first-order chi connectivity index (χ1) is 11.6. The van der Waals surface area contributed by atoms with E-state index in [-0.39, 0.29) is 17.7 Å². The molecule has 4 nitrogen and oxygen atoms in total. The third-order valence-electron chi connectivity index (χ3n) is 4.37. The smallest absolute Gasteiger partial charge is 0.328 e. The van der Waals surface area contributed by atoms with E-state index in [4.69, 9.17) is 4.74 Å². The second kappa shape index (κ2) is 9.40. The highest BCUT2D eigenvalue weighted by molar-refractivity contribution is 5.97. The van der Waals surface area contributed by atoms with Gasteiger partial charge < -0.3 is 9.64 Å². The highest BCUT2D eigenvalue weighted by Crippen LogP contribution is 2.21. The lowest BCUT2D eigenvalue weighted by molar-refractivity contribution is -0.148. The van der Waals surface area contributed by atoms with E-state index in [0.717, 1.165) is 25.7 Å². The predicted molar refractivity (Wildman–Crippen MR) is 90.2 cm³/mol. The van der Waals surface area contributed by atoms with Crippen molar-refractivity contribution in [2.24, 2.45) is 0 Å². The fourth-order valence-corrected chi connectivity index (χ4v) is 2.99. The molecular weight excluding hydrogens is 309 g/mol. The van der Waals surface area contributed by atoms with Crippen LogP contribution in [0.1, 0.15) is 62.2 Å². The number of benzene rings is 1. The number of ether oxygens (including phenoxy) is 1. The zero-order valence-electron chi connectivity index (χ0n) is 14.3. The molecule has 0 spiro atoms. The molecule has 5 heteroatoms. The topological polar surface area (TPSA) is 46.6 Å². The van der Waals surface area contributed by atoms with Crippen LogP contribution in [0.4, 0.5) is 4.39 Å². The highest BCUT2D eigenvalue weighted by atomic mass is 19.1. The molecule has 1 aliphatic rings. The summed E-state index contributed by atoms with van der Waals surface area (Å²) in [5.74, 6) is -0.942. The molecule has 0 bridgehead atoms. The van der Waals surface area contributed by atoms with Crippen molar-refractivity contribution >= 4 is 11.9 Å². The van der Waals surface area contributed by atoms with Crippen molar-refractivity contribution < 1.29 is 18.7 Å². The molecule has 1 aromatic carbocycles. The maximum atomic E-state index is 13.0. The van der Waals surface area contributed by atoms with E-state index >= 15 is 0 Å². The summed E-state index contributed by atoms with van der Waals surface area (Å²) < 4.78 is 18.3. The lowest BCUT2D eigenvalue weighted by Crippen LogP contribution is -2.41. The van der Waals surface area contributed by atoms with Crippen LogP contribution >= 0.6 is 0 Å². The van der Waals surface area contributed by atoms with Gasteiger partial charge in [-0.25, -0.2) is 9.18 Å². The normalized spacial score (nSPS) is 17.1. The maximum absolute atomic E-state index is 13.0. The average molecular weight is 335 g/mol. The number of unbranched alkanes of at least 4 members (excludes halogenated alkanes) is 4. The van der Waals surface area contributed by atoms with Crippen molar-refractivity contribution in [1.82, 2.24) is 4.90 Å². The lowest BCUT2D eigenvalue weighted by Gasteiger charge is -2.23. The summed E-state index contributed by atoms with van der Waals surface area (Å²) in [6.45, 7) is 3.11. The molecule has 1 atom stereocenters. The van der Waals surface area contributed by atoms with E-state index in [9.17, 15) is 14.0 Å². The first kappa shape index (κ1) is 18.4. The van der Waals surface area contributed by atoms with Crippen molar-refractivity contribution in [1.29, 1.82) is 0 Å². The molecule has 2 rings (SSSR count). The van der Waals surface area contributed by atoms with Crippen LogP contribution in [0.15, 0.2) is 24.3 Å². The highest BCUT2D eigenvalue weighted by Gasteiger charge is 2.35. The average Bonchev–Trinajstić information content (AvgIpc) is 3.07. The predicted octanol–water partition coefficient (Wildman–Crippen LogP) is 3.94. The van der Waals surface area contributed by atoms with Gasteiger partial charge in [-0.2, -0.15) is 0 Å². The first-order valence-electron chi connectivity index (χ1n) is 8.86. The minimum absolute atomic E-state index is 0.239. The fourth-order valence-electron chi connectivity index (χ4n) is 2.99. The van der Waals surface area contributed by atoms with Gasteiger partial charge in [-0.05, 0) is 43.5 Å². The van der Waals surface area contributed by atoms with Crippen LogP contribution in [-0.2, 0) is 9.53 Å². The third kappa shape index (κ3) is 5.05. The number of rotatable bonds is 8. The van der Waals surface area contributed by atoms with Gasteiger partial charge in [0.1, 0.15) is 11.9 Å². The number of carbonyl (C=O) groups is 2. The van der Waals surface area contributed by atoms with Gasteiger partial charge in [0.05, 0.1) is 6.61 Å². The summed E-state index contributed by atoms with van der Waals surface area (Å²) in [6.07, 6.45) is 6.88. The van der Waals surface area contributed by atoms with E-state index in [1.807, 2.05) is 0 Å². The zero-order chi connectivity index (χ0) is 17.4. The molecule has 1 heterocycles. The Hall–Kier alpha value is -1.91. The van der Waals surface area contributed by atoms with Crippen LogP contribution in [0.2, 0.25) is 0 Å². The molecule has 1 aliphatic heterocycles. The van der Waals surface area contributed by atoms with Gasteiger partial charge in [0.2, 0.25) is 0 Å². The van der Waals surface area contributed by atoms with Crippen LogP contribution in [0, 0.1) is 5.82 Å². The van der Waals surface area contributed by atoms with Gasteiger partial charge in [0, 0.05) is 12.1 Å². The summed E-state index contributed by atoms with van der Waals surface area (Å²) in [7, 11) is 0. The summed E-state index contributed by atoms with van der Waals surface area (Å²) >= 11 is 0. The van der Waals surface area contributed by atoms with E-state index in [2.05, 4.69) is 6.92 Å². The molecule has 0 saturated carbocycles. The summed E-state index contributed by atoms with van der Waals surface area (Å²) in [5.41, 5.74) is 0.399. The molecule has 132 valence electrons. The van der Waals surface area contributed by atoms with E-state index in [1.54, 1.807) is 4.90 Å². The second-order valence-corrected chi connectivity index (χ2v) is 6.25. The minimum Gasteiger partial charge on any atom is -0.464 e. The molecule has 1 aromatic rings. The number of carbonyl (C=O) groups excluding carboxylic acids is 2. The molecule has 0 aliphatic carbocycles. The van der Waals surface area contributed by atoms with Crippen molar-refractivity contribution in [2.45, 2.75) is 57.9 Å². The Balaban J connectivity index is 1.84. The Kier molecular flexibility index (Phi) is 7.22. The van der Waals surface area contributed by atoms with Gasteiger partial charge >= 0.3 is 5.97 Å². The zero-order valence-corrected chi connectivity index (χ0v) is 14.3. The minimum atomic E-state index is -0.516. The molecule has 0 radical (unpaired) electrons. The van der Waals surface area contributed by atoms with E-state index < -0.39 is 6.04 Å². The van der Waals surface area contributed by atoms with Crippen molar-refractivity contribution in [3.05, 3.63) is 35.6 Å². The van der Waals surface area contributed by atoms with E-state index in [1.165, 1.54) is 37.1 Å². The van der Waals surface area contributed by atoms with Gasteiger partial charge in [-0.3, -0.25) is 4.79 Å². The SMILES string of the molecule is CCCCCCCOC(=O)C1CCCN1C(=O)c1ccc(F)cc1. The molecule has 0 N–H and O–H groups in total. The van der Waals surface area contributed by atoms with Crippen molar-refractivity contribution in [3.63, 3.8) is 0 Å². The lowest BCUT2D eigenvalue weighted by atomic mass is 10.1. The standard InChI is InChI=1S/C19H26FNO3/c1-2-3-4-5-6-14-24-19(23)17-8-7-13-21(17)18(22)15-9-11-16(20)12-10-15/h9-12,17H,2-8,13-14H2,1H3. The third-order valence-corrected chi connectivity index (χ3v) is 4.37. The Morgan fingerprint density at radius 1 is 1.17 bits per heavy atom. The molecular formula is C19H26FNO3. The van der Waals surface area contributed by atoms with Crippen LogP contribution in [0.3, 0.4) is 0 Å². The van der Waals surface area contributed by atoms with Crippen LogP contribution in [-0.4, -0.2) is 36.0 Å². The summed E-state index contributed by atoms with van der Waals surface area (Å²) in [6, 6.07) is 4.90. The molecule has 0 aromatic heterocycles. The molecule has 1 unspecified atom stereocenters. The number of nitrogens with zero attached hydrogens (tertiary/aromatic N) is 1. The van der Waals surface area contributed by atoms with Crippen LogP contribution in [0.5, 0.6) is 0 Å². The van der Waals surface area contributed by atoms with Crippen LogP contribution < -0.4 is 0 Å². The molecule has 24 heavy (non-hydrogen) atoms. The Bertz CT molecular complexity index is 544. The Morgan fingerprint density at radius 2 is 1.88 bits per heavy atom. The number of halogens is 1.